The standard InChI is InChI=1S/C45H64N2O8Si/c1-44(2,3)55-43(49)47-23-22-35(32-18-20-34(21-19-32)53-25-13-24-51-30-33-14-10-11-17-38(33)50-6)39(29-47)54-40(31-52-26-27-56(7,8)9)36-15-12-16-37-42(36)46-41(48)28-45(37,4)5/h10-12,14-21,35,39-40H,13,22-31H2,1-9H3,(H,46,48). The number of amides is 2. The molecule has 2 aliphatic heterocycles. The highest BCUT2D eigenvalue weighted by molar-refractivity contribution is 6.76. The van der Waals surface area contributed by atoms with Crippen molar-refractivity contribution in [3.05, 3.63) is 89.0 Å². The Labute approximate surface area is 335 Å². The summed E-state index contributed by atoms with van der Waals surface area (Å²) in [5.41, 5.74) is 3.95. The van der Waals surface area contributed by atoms with Crippen LogP contribution in [0.3, 0.4) is 0 Å². The predicted octanol–water partition coefficient (Wildman–Crippen LogP) is 9.51. The van der Waals surface area contributed by atoms with Crippen LogP contribution in [0.5, 0.6) is 11.5 Å². The minimum Gasteiger partial charge on any atom is -0.496 e. The van der Waals surface area contributed by atoms with Gasteiger partial charge in [0.15, 0.2) is 0 Å². The average Bonchev–Trinajstić information content (AvgIpc) is 3.13. The van der Waals surface area contributed by atoms with Gasteiger partial charge < -0.3 is 38.6 Å². The second-order valence-electron chi connectivity index (χ2n) is 17.9. The van der Waals surface area contributed by atoms with Crippen LogP contribution in [0.1, 0.15) is 88.2 Å². The molecule has 0 aliphatic carbocycles. The van der Waals surface area contributed by atoms with Gasteiger partial charge in [-0.15, -0.1) is 0 Å². The number of likely N-dealkylation sites (tertiary alicyclic amines) is 1. The number of hydrogen-bond donors (Lipinski definition) is 1. The number of carbonyl (C=O) groups is 2. The van der Waals surface area contributed by atoms with Crippen LogP contribution in [0.25, 0.3) is 0 Å². The minimum absolute atomic E-state index is 0.0114. The molecule has 0 saturated carbocycles. The molecule has 1 fully saturated rings. The Bertz CT molecular complexity index is 1750. The third kappa shape index (κ3) is 12.3. The topological polar surface area (TPSA) is 105 Å². The highest BCUT2D eigenvalue weighted by Crippen LogP contribution is 2.43. The van der Waals surface area contributed by atoms with Crippen LogP contribution < -0.4 is 14.8 Å². The first-order valence-electron chi connectivity index (χ1n) is 20.1. The number of rotatable bonds is 17. The summed E-state index contributed by atoms with van der Waals surface area (Å²) in [4.78, 5) is 28.2. The largest absolute Gasteiger partial charge is 0.496 e. The van der Waals surface area contributed by atoms with E-state index in [9.17, 15) is 9.59 Å². The molecule has 56 heavy (non-hydrogen) atoms. The number of nitrogens with one attached hydrogen (secondary N) is 1. The van der Waals surface area contributed by atoms with E-state index in [4.69, 9.17) is 28.4 Å². The molecule has 1 saturated heterocycles. The number of benzene rings is 3. The molecule has 0 aromatic heterocycles. The van der Waals surface area contributed by atoms with E-state index in [1.54, 1.807) is 12.0 Å². The van der Waals surface area contributed by atoms with Gasteiger partial charge in [-0.25, -0.2) is 4.79 Å². The zero-order chi connectivity index (χ0) is 40.5. The second kappa shape index (κ2) is 19.0. The van der Waals surface area contributed by atoms with Crippen molar-refractivity contribution in [1.29, 1.82) is 0 Å². The lowest BCUT2D eigenvalue weighted by molar-refractivity contribution is -0.117. The van der Waals surface area contributed by atoms with Gasteiger partial charge in [0.25, 0.3) is 0 Å². The number of para-hydroxylation sites is 2. The van der Waals surface area contributed by atoms with Gasteiger partial charge in [-0.05, 0) is 62.6 Å². The SMILES string of the molecule is COc1ccccc1COCCCOc1ccc(C2CCN(C(=O)OC(C)(C)C)CC2OC(COCC[Si](C)(C)C)c2cccc3c2NC(=O)CC3(C)C)cc1. The van der Waals surface area contributed by atoms with Crippen LogP contribution in [0.15, 0.2) is 66.7 Å². The summed E-state index contributed by atoms with van der Waals surface area (Å²) < 4.78 is 36.8. The normalized spacial score (nSPS) is 18.8. The maximum absolute atomic E-state index is 13.4. The van der Waals surface area contributed by atoms with E-state index >= 15 is 0 Å². The summed E-state index contributed by atoms with van der Waals surface area (Å²) in [6.07, 6.45) is 0.631. The molecular weight excluding hydrogens is 725 g/mol. The molecule has 306 valence electrons. The fourth-order valence-corrected chi connectivity index (χ4v) is 8.06. The van der Waals surface area contributed by atoms with Crippen LogP contribution >= 0.6 is 0 Å². The zero-order valence-corrected chi connectivity index (χ0v) is 36.1. The van der Waals surface area contributed by atoms with Gasteiger partial charge in [0.2, 0.25) is 5.91 Å². The number of anilines is 1. The predicted molar refractivity (Wildman–Crippen MR) is 224 cm³/mol. The van der Waals surface area contributed by atoms with Crippen molar-refractivity contribution in [2.24, 2.45) is 0 Å². The molecule has 0 radical (unpaired) electrons. The molecule has 5 rings (SSSR count). The second-order valence-corrected chi connectivity index (χ2v) is 23.5. The molecule has 0 spiro atoms. The molecule has 11 heteroatoms. The summed E-state index contributed by atoms with van der Waals surface area (Å²) in [5, 5.41) is 3.18. The fraction of sp³-hybridized carbons (Fsp3) is 0.556. The lowest BCUT2D eigenvalue weighted by Gasteiger charge is -2.41. The summed E-state index contributed by atoms with van der Waals surface area (Å²) in [6, 6.07) is 23.3. The molecule has 1 N–H and O–H groups in total. The van der Waals surface area contributed by atoms with Gasteiger partial charge >= 0.3 is 6.09 Å². The van der Waals surface area contributed by atoms with Crippen molar-refractivity contribution in [2.45, 2.75) is 115 Å². The number of carbonyl (C=O) groups excluding carboxylic acids is 2. The van der Waals surface area contributed by atoms with Crippen LogP contribution in [-0.4, -0.2) is 83.3 Å². The first-order chi connectivity index (χ1) is 26.5. The lowest BCUT2D eigenvalue weighted by Crippen LogP contribution is -2.49. The summed E-state index contributed by atoms with van der Waals surface area (Å²) >= 11 is 0. The van der Waals surface area contributed by atoms with E-state index in [1.807, 2.05) is 69.3 Å². The van der Waals surface area contributed by atoms with Gasteiger partial charge in [0, 0.05) is 56.5 Å². The maximum atomic E-state index is 13.4. The first-order valence-corrected chi connectivity index (χ1v) is 23.8. The highest BCUT2D eigenvalue weighted by Gasteiger charge is 2.39. The molecule has 3 unspecified atom stereocenters. The minimum atomic E-state index is -1.34. The van der Waals surface area contributed by atoms with Gasteiger partial charge in [0.05, 0.1) is 51.9 Å². The Hall–Kier alpha value is -3.90. The molecule has 2 amide bonds. The van der Waals surface area contributed by atoms with Crippen LogP contribution in [0.4, 0.5) is 10.5 Å². The number of nitrogens with zero attached hydrogens (tertiary/aromatic N) is 1. The first kappa shape index (κ1) is 43.2. The van der Waals surface area contributed by atoms with E-state index in [0.29, 0.717) is 59.0 Å². The quantitative estimate of drug-likeness (QED) is 0.107. The third-order valence-electron chi connectivity index (χ3n) is 10.3. The van der Waals surface area contributed by atoms with Crippen molar-refractivity contribution in [3.63, 3.8) is 0 Å². The molecule has 10 nitrogen and oxygen atoms in total. The Morgan fingerprint density at radius 2 is 1.71 bits per heavy atom. The number of hydrogen-bond acceptors (Lipinski definition) is 8. The van der Waals surface area contributed by atoms with E-state index in [-0.39, 0.29) is 29.4 Å². The molecular formula is C45H64N2O8Si. The molecule has 2 heterocycles. The van der Waals surface area contributed by atoms with Crippen molar-refractivity contribution < 1.29 is 38.0 Å². The van der Waals surface area contributed by atoms with E-state index in [2.05, 4.69) is 57.0 Å². The number of fused-ring (bicyclic) bond motifs is 1. The third-order valence-corrected chi connectivity index (χ3v) is 12.0. The van der Waals surface area contributed by atoms with Gasteiger partial charge in [0.1, 0.15) is 23.2 Å². The Morgan fingerprint density at radius 1 is 0.964 bits per heavy atom. The van der Waals surface area contributed by atoms with Crippen LogP contribution in [-0.2, 0) is 35.8 Å². The van der Waals surface area contributed by atoms with E-state index in [1.165, 1.54) is 0 Å². The molecule has 3 atom stereocenters. The molecule has 3 aromatic carbocycles. The Kier molecular flexibility index (Phi) is 14.7. The van der Waals surface area contributed by atoms with Crippen molar-refractivity contribution in [1.82, 2.24) is 4.90 Å². The van der Waals surface area contributed by atoms with Gasteiger partial charge in [-0.2, -0.15) is 0 Å². The number of ether oxygens (including phenoxy) is 6. The van der Waals surface area contributed by atoms with E-state index in [0.717, 1.165) is 51.9 Å². The number of methoxy groups -OCH3 is 1. The van der Waals surface area contributed by atoms with Crippen LogP contribution in [0.2, 0.25) is 25.7 Å². The fourth-order valence-electron chi connectivity index (χ4n) is 7.30. The highest BCUT2D eigenvalue weighted by atomic mass is 28.3. The van der Waals surface area contributed by atoms with Crippen molar-refractivity contribution in [2.75, 3.05) is 51.9 Å². The molecule has 3 aromatic rings. The summed E-state index contributed by atoms with van der Waals surface area (Å²) in [6.45, 7) is 20.3. The lowest BCUT2D eigenvalue weighted by atomic mass is 9.76. The van der Waals surface area contributed by atoms with Gasteiger partial charge in [-0.3, -0.25) is 4.79 Å². The Balaban J connectivity index is 1.33. The smallest absolute Gasteiger partial charge is 0.410 e. The van der Waals surface area contributed by atoms with Gasteiger partial charge in [-0.1, -0.05) is 82.0 Å². The maximum Gasteiger partial charge on any atom is 0.410 e. The van der Waals surface area contributed by atoms with E-state index < -0.39 is 19.8 Å². The van der Waals surface area contributed by atoms with Crippen molar-refractivity contribution in [3.8, 4) is 11.5 Å². The Morgan fingerprint density at radius 3 is 2.43 bits per heavy atom. The monoisotopic (exact) mass is 788 g/mol. The van der Waals surface area contributed by atoms with Crippen LogP contribution in [0, 0.1) is 0 Å². The molecule has 0 bridgehead atoms. The van der Waals surface area contributed by atoms with Crippen molar-refractivity contribution >= 4 is 25.8 Å². The zero-order valence-electron chi connectivity index (χ0n) is 35.1. The number of piperidine rings is 1. The molecule has 2 aliphatic rings. The summed E-state index contributed by atoms with van der Waals surface area (Å²) in [7, 11) is 0.330. The summed E-state index contributed by atoms with van der Waals surface area (Å²) in [5.74, 6) is 1.58. The average molecular weight is 789 g/mol.